The van der Waals surface area contributed by atoms with Crippen molar-refractivity contribution in [2.45, 2.75) is 45.4 Å². The normalized spacial score (nSPS) is 12.8. The Kier molecular flexibility index (Phi) is 8.84. The van der Waals surface area contributed by atoms with Crippen molar-refractivity contribution in [3.63, 3.8) is 0 Å². The quantitative estimate of drug-likeness (QED) is 0.208. The highest BCUT2D eigenvalue weighted by Crippen LogP contribution is 2.28. The number of hydrogen-bond donors (Lipinski definition) is 5. The number of benzene rings is 3. The number of pyridine rings is 1. The van der Waals surface area contributed by atoms with E-state index in [4.69, 9.17) is 11.6 Å². The van der Waals surface area contributed by atoms with Gasteiger partial charge in [-0.15, -0.1) is 0 Å². The number of aromatic hydroxyl groups is 1. The number of fused-ring (bicyclic) bond motifs is 1. The molecule has 4 aromatic rings. The third kappa shape index (κ3) is 6.81. The fourth-order valence-corrected chi connectivity index (χ4v) is 4.88. The first-order chi connectivity index (χ1) is 18.2. The lowest BCUT2D eigenvalue weighted by Crippen LogP contribution is -2.32. The van der Waals surface area contributed by atoms with E-state index in [-0.39, 0.29) is 29.7 Å². The second kappa shape index (κ2) is 12.3. The maximum absolute atomic E-state index is 12.6. The zero-order valence-electron chi connectivity index (χ0n) is 21.4. The van der Waals surface area contributed by atoms with E-state index in [0.29, 0.717) is 41.0 Å². The van der Waals surface area contributed by atoms with E-state index in [2.05, 4.69) is 15.6 Å². The molecule has 3 aromatic carbocycles. The van der Waals surface area contributed by atoms with Crippen molar-refractivity contribution < 1.29 is 15.0 Å². The molecule has 4 rings (SSSR count). The Morgan fingerprint density at radius 3 is 2.61 bits per heavy atom. The molecule has 198 valence electrons. The number of nitrogens with one attached hydrogen (secondary N) is 3. The molecule has 2 atom stereocenters. The van der Waals surface area contributed by atoms with Gasteiger partial charge in [0, 0.05) is 35.6 Å². The van der Waals surface area contributed by atoms with E-state index in [0.717, 1.165) is 22.3 Å². The number of aromatic nitrogens is 1. The van der Waals surface area contributed by atoms with E-state index in [1.54, 1.807) is 12.1 Å². The minimum absolute atomic E-state index is 0.0393. The molecule has 0 aliphatic heterocycles. The maximum Gasteiger partial charge on any atom is 0.248 e. The first-order valence-electron chi connectivity index (χ1n) is 12.6. The van der Waals surface area contributed by atoms with E-state index < -0.39 is 6.10 Å². The zero-order chi connectivity index (χ0) is 27.2. The summed E-state index contributed by atoms with van der Waals surface area (Å²) in [5.74, 6) is -0.110. The van der Waals surface area contributed by atoms with Gasteiger partial charge in [-0.05, 0) is 66.3 Å². The lowest BCUT2D eigenvalue weighted by atomic mass is 10.0. The molecule has 0 saturated carbocycles. The molecule has 8 heteroatoms. The first kappa shape index (κ1) is 27.4. The number of aromatic amines is 1. The number of carbonyl (C=O) groups excluding carboxylic acids is 1. The predicted octanol–water partition coefficient (Wildman–Crippen LogP) is 4.31. The van der Waals surface area contributed by atoms with Crippen molar-refractivity contribution in [1.82, 2.24) is 15.6 Å². The summed E-state index contributed by atoms with van der Waals surface area (Å²) in [5.41, 5.74) is 4.58. The van der Waals surface area contributed by atoms with Gasteiger partial charge in [0.25, 0.3) is 0 Å². The smallest absolute Gasteiger partial charge is 0.248 e. The van der Waals surface area contributed by atoms with Gasteiger partial charge in [0.15, 0.2) is 0 Å². The number of amides is 1. The number of H-pyrrole nitrogens is 1. The van der Waals surface area contributed by atoms with Crippen LogP contribution in [0.1, 0.15) is 40.8 Å². The predicted molar refractivity (Wildman–Crippen MR) is 151 cm³/mol. The zero-order valence-corrected chi connectivity index (χ0v) is 22.2. The molecule has 1 aromatic heterocycles. The summed E-state index contributed by atoms with van der Waals surface area (Å²) in [6, 6.07) is 19.8. The van der Waals surface area contributed by atoms with Gasteiger partial charge in [-0.1, -0.05) is 54.1 Å². The summed E-state index contributed by atoms with van der Waals surface area (Å²) >= 11 is 6.26. The van der Waals surface area contributed by atoms with Gasteiger partial charge >= 0.3 is 0 Å². The van der Waals surface area contributed by atoms with Crippen LogP contribution in [0.2, 0.25) is 5.02 Å². The van der Waals surface area contributed by atoms with Crippen LogP contribution in [0.3, 0.4) is 0 Å². The van der Waals surface area contributed by atoms with Gasteiger partial charge in [-0.2, -0.15) is 0 Å². The number of phenolic OH excluding ortho intramolecular Hbond substituents is 1. The molecule has 0 aliphatic carbocycles. The Morgan fingerprint density at radius 1 is 1.05 bits per heavy atom. The molecule has 5 N–H and O–H groups in total. The highest BCUT2D eigenvalue weighted by Gasteiger charge is 2.15. The highest BCUT2D eigenvalue weighted by molar-refractivity contribution is 6.31. The van der Waals surface area contributed by atoms with E-state index in [9.17, 15) is 19.8 Å². The molecule has 0 fully saturated rings. The minimum Gasteiger partial charge on any atom is -0.506 e. The van der Waals surface area contributed by atoms with Crippen LogP contribution in [0.5, 0.6) is 5.75 Å². The number of halogens is 1. The third-order valence-electron chi connectivity index (χ3n) is 6.64. The van der Waals surface area contributed by atoms with Crippen molar-refractivity contribution in [2.24, 2.45) is 0 Å². The van der Waals surface area contributed by atoms with Crippen molar-refractivity contribution in [2.75, 3.05) is 6.54 Å². The Balaban J connectivity index is 1.31. The second-order valence-corrected chi connectivity index (χ2v) is 10.0. The maximum atomic E-state index is 12.6. The Bertz CT molecular complexity index is 1480. The monoisotopic (exact) mass is 533 g/mol. The van der Waals surface area contributed by atoms with Crippen LogP contribution in [-0.2, 0) is 24.2 Å². The number of aryl methyl sites for hydroxylation is 1. The number of hydrogen-bond acceptors (Lipinski definition) is 5. The molecule has 0 spiro atoms. The largest absolute Gasteiger partial charge is 0.506 e. The van der Waals surface area contributed by atoms with Crippen LogP contribution in [-0.4, -0.2) is 33.7 Å². The number of phenols is 1. The van der Waals surface area contributed by atoms with Crippen LogP contribution in [0.4, 0.5) is 0 Å². The molecule has 0 saturated heterocycles. The fourth-order valence-electron chi connectivity index (χ4n) is 4.59. The summed E-state index contributed by atoms with van der Waals surface area (Å²) in [6.07, 6.45) is 0.154. The molecule has 0 bridgehead atoms. The van der Waals surface area contributed by atoms with E-state index in [1.807, 2.05) is 56.3 Å². The van der Waals surface area contributed by atoms with Gasteiger partial charge in [-0.3, -0.25) is 9.59 Å². The highest BCUT2D eigenvalue weighted by atomic mass is 35.5. The van der Waals surface area contributed by atoms with Crippen LogP contribution in [0.15, 0.2) is 71.5 Å². The SMILES string of the molecule is Cc1cccc(Cl)c1CNC(=O)Cc1cccc(C[C@@H](C)NC[C@@H](O)c2ccc(O)c3[nH]c(=O)ccc23)c1. The van der Waals surface area contributed by atoms with Crippen LogP contribution >= 0.6 is 11.6 Å². The Morgan fingerprint density at radius 2 is 1.82 bits per heavy atom. The number of aliphatic hydroxyl groups excluding tert-OH is 1. The molecule has 0 unspecified atom stereocenters. The van der Waals surface area contributed by atoms with Gasteiger partial charge < -0.3 is 25.8 Å². The van der Waals surface area contributed by atoms with Gasteiger partial charge in [-0.25, -0.2) is 0 Å². The number of carbonyl (C=O) groups is 1. The summed E-state index contributed by atoms with van der Waals surface area (Å²) in [7, 11) is 0. The van der Waals surface area contributed by atoms with Gasteiger partial charge in [0.1, 0.15) is 5.75 Å². The van der Waals surface area contributed by atoms with Crippen LogP contribution in [0.25, 0.3) is 10.9 Å². The Hall–Kier alpha value is -3.65. The summed E-state index contributed by atoms with van der Waals surface area (Å²) < 4.78 is 0. The lowest BCUT2D eigenvalue weighted by molar-refractivity contribution is -0.120. The summed E-state index contributed by atoms with van der Waals surface area (Å²) in [5, 5.41) is 28.4. The average Bonchev–Trinajstić information content (AvgIpc) is 2.88. The van der Waals surface area contributed by atoms with E-state index >= 15 is 0 Å². The first-order valence-corrected chi connectivity index (χ1v) is 12.9. The van der Waals surface area contributed by atoms with Crippen LogP contribution in [0, 0.1) is 6.92 Å². The number of aliphatic hydroxyl groups is 1. The average molecular weight is 534 g/mol. The van der Waals surface area contributed by atoms with Crippen molar-refractivity contribution in [3.8, 4) is 5.75 Å². The van der Waals surface area contributed by atoms with Gasteiger partial charge in [0.2, 0.25) is 11.5 Å². The third-order valence-corrected chi connectivity index (χ3v) is 6.99. The molecule has 1 amide bonds. The van der Waals surface area contributed by atoms with Crippen LogP contribution < -0.4 is 16.2 Å². The summed E-state index contributed by atoms with van der Waals surface area (Å²) in [6.45, 7) is 4.69. The minimum atomic E-state index is -0.830. The number of rotatable bonds is 10. The molecular formula is C30H32ClN3O4. The Labute approximate surface area is 226 Å². The van der Waals surface area contributed by atoms with Gasteiger partial charge in [0.05, 0.1) is 18.0 Å². The van der Waals surface area contributed by atoms with E-state index in [1.165, 1.54) is 12.1 Å². The standard InChI is InChI=1S/C30H32ClN3O4/c1-18-5-3-8-25(31)24(18)16-33-29(38)15-21-7-4-6-20(14-21)13-19(2)32-17-27(36)22-9-11-26(35)30-23(22)10-12-28(37)34-30/h3-12,14,19,27,32,35-36H,13,15-17H2,1-2H3,(H,33,38)(H,34,37)/t19-,27-/m1/s1. The van der Waals surface area contributed by atoms with Crippen molar-refractivity contribution in [3.05, 3.63) is 110 Å². The topological polar surface area (TPSA) is 114 Å². The summed E-state index contributed by atoms with van der Waals surface area (Å²) in [4.78, 5) is 26.8. The molecule has 0 aliphatic rings. The molecular weight excluding hydrogens is 502 g/mol. The second-order valence-electron chi connectivity index (χ2n) is 9.62. The van der Waals surface area contributed by atoms with Crippen molar-refractivity contribution >= 4 is 28.4 Å². The lowest BCUT2D eigenvalue weighted by Gasteiger charge is -2.19. The van der Waals surface area contributed by atoms with Crippen molar-refractivity contribution in [1.29, 1.82) is 0 Å². The molecule has 38 heavy (non-hydrogen) atoms. The molecule has 0 radical (unpaired) electrons. The fraction of sp³-hybridized carbons (Fsp3) is 0.267. The molecule has 7 nitrogen and oxygen atoms in total. The molecule has 1 heterocycles.